The highest BCUT2D eigenvalue weighted by atomic mass is 19.4. The summed E-state index contributed by atoms with van der Waals surface area (Å²) in [5, 5.41) is 0. The van der Waals surface area contributed by atoms with Gasteiger partial charge in [-0.15, -0.1) is 0 Å². The second-order valence-corrected chi connectivity index (χ2v) is 9.33. The van der Waals surface area contributed by atoms with Crippen molar-refractivity contribution in [3.63, 3.8) is 0 Å². The van der Waals surface area contributed by atoms with Crippen LogP contribution in [0, 0.1) is 11.6 Å². The van der Waals surface area contributed by atoms with Gasteiger partial charge in [0, 0.05) is 25.1 Å². The molecule has 0 saturated carbocycles. The Bertz CT molecular complexity index is 1070. The van der Waals surface area contributed by atoms with E-state index in [1.807, 2.05) is 0 Å². The number of likely N-dealkylation sites (tertiary alicyclic amines) is 1. The summed E-state index contributed by atoms with van der Waals surface area (Å²) in [6, 6.07) is 10.1. The molecule has 0 bridgehead atoms. The first-order valence-corrected chi connectivity index (χ1v) is 11.9. The van der Waals surface area contributed by atoms with Gasteiger partial charge in [0.15, 0.2) is 0 Å². The van der Waals surface area contributed by atoms with Gasteiger partial charge in [0.05, 0.1) is 32.5 Å². The Kier molecular flexibility index (Phi) is 8.23. The minimum Gasteiger partial charge on any atom is -0.497 e. The average Bonchev–Trinajstić information content (AvgIpc) is 3.26. The summed E-state index contributed by atoms with van der Waals surface area (Å²) in [7, 11) is 1.50. The highest BCUT2D eigenvalue weighted by molar-refractivity contribution is 5.68. The van der Waals surface area contributed by atoms with Crippen molar-refractivity contribution < 1.29 is 45.7 Å². The molecule has 11 heteroatoms. The standard InChI is InChI=1S/C26H28F5NO5/c1-34-20-5-2-17(3-6-20)14-35-16-23(26(29,30)31)37-24(33)32-10-8-25(9-11-32)13-18(15-36-25)21-7-4-19(27)12-22(21)28/h2-7,12,18,23H,8-11,13-16H2,1H3. The number of amides is 1. The fourth-order valence-electron chi connectivity index (χ4n) is 4.72. The molecule has 6 nitrogen and oxygen atoms in total. The van der Waals surface area contributed by atoms with Crippen molar-refractivity contribution in [3.8, 4) is 5.75 Å². The van der Waals surface area contributed by atoms with E-state index in [4.69, 9.17) is 18.9 Å². The Balaban J connectivity index is 1.28. The summed E-state index contributed by atoms with van der Waals surface area (Å²) in [6.07, 6.45) is -7.08. The van der Waals surface area contributed by atoms with Crippen LogP contribution >= 0.6 is 0 Å². The molecule has 2 heterocycles. The SMILES string of the molecule is COc1ccc(COCC(OC(=O)N2CCC3(CC2)CC(c2ccc(F)cc2F)CO3)C(F)(F)F)cc1. The Morgan fingerprint density at radius 3 is 2.46 bits per heavy atom. The van der Waals surface area contributed by atoms with Gasteiger partial charge in [-0.2, -0.15) is 13.2 Å². The monoisotopic (exact) mass is 529 g/mol. The van der Waals surface area contributed by atoms with Crippen molar-refractivity contribution in [2.24, 2.45) is 0 Å². The Morgan fingerprint density at radius 1 is 1.14 bits per heavy atom. The normalized spacial score (nSPS) is 20.2. The molecule has 1 spiro atoms. The van der Waals surface area contributed by atoms with Crippen molar-refractivity contribution in [2.75, 3.05) is 33.4 Å². The van der Waals surface area contributed by atoms with E-state index < -0.39 is 42.2 Å². The number of hydrogen-bond acceptors (Lipinski definition) is 5. The van der Waals surface area contributed by atoms with Crippen molar-refractivity contribution in [2.45, 2.75) is 49.7 Å². The highest BCUT2D eigenvalue weighted by Gasteiger charge is 2.47. The number of carbonyl (C=O) groups excluding carboxylic acids is 1. The molecule has 2 aromatic rings. The van der Waals surface area contributed by atoms with Gasteiger partial charge >= 0.3 is 12.3 Å². The molecule has 2 saturated heterocycles. The van der Waals surface area contributed by atoms with Gasteiger partial charge in [0.25, 0.3) is 0 Å². The van der Waals surface area contributed by atoms with Crippen molar-refractivity contribution in [3.05, 3.63) is 65.2 Å². The lowest BCUT2D eigenvalue weighted by atomic mass is 9.83. The first-order valence-electron chi connectivity index (χ1n) is 11.9. The van der Waals surface area contributed by atoms with Gasteiger partial charge in [0.1, 0.15) is 17.4 Å². The second kappa shape index (κ2) is 11.2. The first-order chi connectivity index (χ1) is 17.6. The number of hydrogen-bond donors (Lipinski definition) is 0. The molecule has 2 aliphatic rings. The zero-order valence-electron chi connectivity index (χ0n) is 20.2. The molecule has 37 heavy (non-hydrogen) atoms. The first kappa shape index (κ1) is 27.1. The molecule has 1 amide bonds. The molecule has 2 fully saturated rings. The molecular weight excluding hydrogens is 501 g/mol. The van der Waals surface area contributed by atoms with E-state index >= 15 is 0 Å². The molecule has 4 rings (SSSR count). The van der Waals surface area contributed by atoms with E-state index in [9.17, 15) is 26.7 Å². The number of methoxy groups -OCH3 is 1. The summed E-state index contributed by atoms with van der Waals surface area (Å²) >= 11 is 0. The number of piperidine rings is 1. The number of alkyl halides is 3. The number of carbonyl (C=O) groups is 1. The summed E-state index contributed by atoms with van der Waals surface area (Å²) in [5.74, 6) is -0.962. The van der Waals surface area contributed by atoms with Gasteiger partial charge in [-0.25, -0.2) is 13.6 Å². The smallest absolute Gasteiger partial charge is 0.427 e. The minimum atomic E-state index is -4.80. The van der Waals surface area contributed by atoms with Crippen LogP contribution in [0.3, 0.4) is 0 Å². The van der Waals surface area contributed by atoms with E-state index in [0.29, 0.717) is 36.1 Å². The molecule has 0 radical (unpaired) electrons. The quantitative estimate of drug-likeness (QED) is 0.438. The Labute approximate surface area is 211 Å². The average molecular weight is 530 g/mol. The van der Waals surface area contributed by atoms with E-state index in [0.717, 1.165) is 6.07 Å². The maximum absolute atomic E-state index is 14.2. The maximum Gasteiger partial charge on any atom is 0.427 e. The predicted molar refractivity (Wildman–Crippen MR) is 122 cm³/mol. The van der Waals surface area contributed by atoms with E-state index in [1.165, 1.54) is 24.1 Å². The third kappa shape index (κ3) is 6.70. The van der Waals surface area contributed by atoms with Crippen LogP contribution in [0.5, 0.6) is 5.75 Å². The van der Waals surface area contributed by atoms with Crippen LogP contribution in [-0.4, -0.2) is 62.3 Å². The minimum absolute atomic E-state index is 0.0898. The van der Waals surface area contributed by atoms with Crippen molar-refractivity contribution in [1.82, 2.24) is 4.90 Å². The zero-order valence-corrected chi connectivity index (χ0v) is 20.2. The fraction of sp³-hybridized carbons (Fsp3) is 0.500. The predicted octanol–water partition coefficient (Wildman–Crippen LogP) is 5.60. The van der Waals surface area contributed by atoms with Crippen LogP contribution in [0.1, 0.15) is 36.3 Å². The molecular formula is C26H28F5NO5. The van der Waals surface area contributed by atoms with Crippen molar-refractivity contribution in [1.29, 1.82) is 0 Å². The van der Waals surface area contributed by atoms with E-state index in [2.05, 4.69) is 0 Å². The van der Waals surface area contributed by atoms with Crippen molar-refractivity contribution >= 4 is 6.09 Å². The highest BCUT2D eigenvalue weighted by Crippen LogP contribution is 2.43. The lowest BCUT2D eigenvalue weighted by Gasteiger charge is -2.38. The number of halogens is 5. The largest absolute Gasteiger partial charge is 0.497 e. The molecule has 2 aromatic carbocycles. The topological polar surface area (TPSA) is 57.2 Å². The summed E-state index contributed by atoms with van der Waals surface area (Å²) in [6.45, 7) is -0.418. The zero-order chi connectivity index (χ0) is 26.6. The summed E-state index contributed by atoms with van der Waals surface area (Å²) in [4.78, 5) is 13.7. The van der Waals surface area contributed by atoms with Gasteiger partial charge < -0.3 is 23.8 Å². The molecule has 0 aromatic heterocycles. The molecule has 2 aliphatic heterocycles. The van der Waals surface area contributed by atoms with Gasteiger partial charge in [-0.1, -0.05) is 18.2 Å². The van der Waals surface area contributed by atoms with E-state index in [-0.39, 0.29) is 32.2 Å². The van der Waals surface area contributed by atoms with Crippen LogP contribution in [-0.2, 0) is 20.8 Å². The molecule has 0 aliphatic carbocycles. The number of nitrogens with zero attached hydrogens (tertiary/aromatic N) is 1. The summed E-state index contributed by atoms with van der Waals surface area (Å²) < 4.78 is 88.9. The van der Waals surface area contributed by atoms with Crippen LogP contribution in [0.4, 0.5) is 26.7 Å². The number of ether oxygens (including phenoxy) is 4. The summed E-state index contributed by atoms with van der Waals surface area (Å²) in [5.41, 5.74) is 0.389. The Morgan fingerprint density at radius 2 is 1.84 bits per heavy atom. The van der Waals surface area contributed by atoms with Crippen LogP contribution in [0.15, 0.2) is 42.5 Å². The molecule has 202 valence electrons. The second-order valence-electron chi connectivity index (χ2n) is 9.33. The number of benzene rings is 2. The van der Waals surface area contributed by atoms with Gasteiger partial charge in [0.2, 0.25) is 6.10 Å². The van der Waals surface area contributed by atoms with Gasteiger partial charge in [-0.3, -0.25) is 0 Å². The van der Waals surface area contributed by atoms with Crippen LogP contribution < -0.4 is 4.74 Å². The fourth-order valence-corrected chi connectivity index (χ4v) is 4.72. The molecule has 2 unspecified atom stereocenters. The lowest BCUT2D eigenvalue weighted by Crippen LogP contribution is -2.49. The lowest BCUT2D eigenvalue weighted by molar-refractivity contribution is -0.220. The van der Waals surface area contributed by atoms with Crippen LogP contribution in [0.25, 0.3) is 0 Å². The number of rotatable bonds is 7. The molecule has 2 atom stereocenters. The maximum atomic E-state index is 14.2. The van der Waals surface area contributed by atoms with E-state index in [1.54, 1.807) is 24.3 Å². The Hall–Kier alpha value is -2.92. The third-order valence-corrected chi connectivity index (χ3v) is 6.85. The van der Waals surface area contributed by atoms with Gasteiger partial charge in [-0.05, 0) is 48.6 Å². The third-order valence-electron chi connectivity index (χ3n) is 6.85. The van der Waals surface area contributed by atoms with Crippen LogP contribution in [0.2, 0.25) is 0 Å². The molecule has 0 N–H and O–H groups in total.